The van der Waals surface area contributed by atoms with E-state index in [9.17, 15) is 9.59 Å². The van der Waals surface area contributed by atoms with E-state index < -0.39 is 0 Å². The van der Waals surface area contributed by atoms with Crippen LogP contribution in [0.25, 0.3) is 0 Å². The average Bonchev–Trinajstić information content (AvgIpc) is 2.59. The first-order valence-electron chi connectivity index (χ1n) is 7.98. The normalized spacial score (nSPS) is 14.3. The Morgan fingerprint density at radius 3 is 2.56 bits per heavy atom. The Hall–Kier alpha value is -2.47. The number of benzene rings is 2. The zero-order chi connectivity index (χ0) is 18.0. The van der Waals surface area contributed by atoms with Crippen molar-refractivity contribution >= 4 is 44.8 Å². The Labute approximate surface area is 154 Å². The highest BCUT2D eigenvalue weighted by Crippen LogP contribution is 2.23. The molecule has 1 N–H and O–H groups in total. The average molecular weight is 400 g/mol. The molecular formula is C19H18BrN3O2. The molecule has 6 heteroatoms. The van der Waals surface area contributed by atoms with Crippen LogP contribution in [0.2, 0.25) is 0 Å². The van der Waals surface area contributed by atoms with Gasteiger partial charge in [-0.3, -0.25) is 9.59 Å². The summed E-state index contributed by atoms with van der Waals surface area (Å²) >= 11 is 3.37. The van der Waals surface area contributed by atoms with Gasteiger partial charge in [0.05, 0.1) is 5.69 Å². The van der Waals surface area contributed by atoms with E-state index in [1.165, 1.54) is 5.01 Å². The Morgan fingerprint density at radius 1 is 1.12 bits per heavy atom. The third-order valence-corrected chi connectivity index (χ3v) is 4.54. The summed E-state index contributed by atoms with van der Waals surface area (Å²) in [5, 5.41) is 8.49. The van der Waals surface area contributed by atoms with Gasteiger partial charge in [0.2, 0.25) is 5.91 Å². The number of hydrogen-bond donors (Lipinski definition) is 1. The number of halogens is 1. The zero-order valence-electron chi connectivity index (χ0n) is 14.0. The Kier molecular flexibility index (Phi) is 4.99. The maximum Gasteiger partial charge on any atom is 0.271 e. The molecule has 0 bridgehead atoms. The molecule has 0 saturated carbocycles. The van der Waals surface area contributed by atoms with Crippen LogP contribution in [0.4, 0.5) is 11.4 Å². The molecule has 25 heavy (non-hydrogen) atoms. The lowest BCUT2D eigenvalue weighted by molar-refractivity contribution is -0.118. The van der Waals surface area contributed by atoms with Gasteiger partial charge >= 0.3 is 0 Å². The van der Waals surface area contributed by atoms with Crippen molar-refractivity contribution in [2.75, 3.05) is 10.3 Å². The Balaban J connectivity index is 1.84. The smallest absolute Gasteiger partial charge is 0.271 e. The van der Waals surface area contributed by atoms with Crippen LogP contribution in [-0.4, -0.2) is 17.5 Å². The molecule has 128 valence electrons. The van der Waals surface area contributed by atoms with E-state index in [4.69, 9.17) is 0 Å². The molecule has 0 atom stereocenters. The number of amides is 2. The van der Waals surface area contributed by atoms with Gasteiger partial charge in [-0.15, -0.1) is 0 Å². The molecule has 2 aromatic rings. The first-order chi connectivity index (χ1) is 11.9. The van der Waals surface area contributed by atoms with E-state index in [0.29, 0.717) is 17.8 Å². The highest BCUT2D eigenvalue weighted by Gasteiger charge is 2.25. The number of carbonyl (C=O) groups is 2. The van der Waals surface area contributed by atoms with E-state index in [2.05, 4.69) is 26.3 Å². The van der Waals surface area contributed by atoms with Crippen LogP contribution in [-0.2, 0) is 9.59 Å². The van der Waals surface area contributed by atoms with Crippen molar-refractivity contribution in [2.24, 2.45) is 5.10 Å². The first kappa shape index (κ1) is 17.4. The largest absolute Gasteiger partial charge is 0.321 e. The van der Waals surface area contributed by atoms with Gasteiger partial charge in [0, 0.05) is 23.0 Å². The lowest BCUT2D eigenvalue weighted by Crippen LogP contribution is -2.36. The van der Waals surface area contributed by atoms with Crippen molar-refractivity contribution in [3.63, 3.8) is 0 Å². The Morgan fingerprint density at radius 2 is 1.84 bits per heavy atom. The van der Waals surface area contributed by atoms with Crippen molar-refractivity contribution in [1.82, 2.24) is 0 Å². The molecule has 0 aliphatic carbocycles. The molecule has 0 aromatic heterocycles. The number of hydrogen-bond acceptors (Lipinski definition) is 3. The second-order valence-electron chi connectivity index (χ2n) is 6.00. The predicted molar refractivity (Wildman–Crippen MR) is 103 cm³/mol. The zero-order valence-corrected chi connectivity index (χ0v) is 15.6. The minimum absolute atomic E-state index is 0.120. The second kappa shape index (κ2) is 7.19. The number of carbonyl (C=O) groups excluding carboxylic acids is 2. The topological polar surface area (TPSA) is 61.8 Å². The maximum atomic E-state index is 12.6. The molecule has 1 heterocycles. The van der Waals surface area contributed by atoms with Gasteiger partial charge < -0.3 is 5.32 Å². The monoisotopic (exact) mass is 399 g/mol. The summed E-state index contributed by atoms with van der Waals surface area (Å²) in [6.07, 6.45) is 0.595. The highest BCUT2D eigenvalue weighted by atomic mass is 79.9. The highest BCUT2D eigenvalue weighted by molar-refractivity contribution is 9.10. The number of rotatable bonds is 3. The third kappa shape index (κ3) is 3.96. The summed E-state index contributed by atoms with van der Waals surface area (Å²) < 4.78 is 0.914. The molecule has 1 aliphatic rings. The minimum Gasteiger partial charge on any atom is -0.321 e. The van der Waals surface area contributed by atoms with E-state index in [1.807, 2.05) is 44.2 Å². The SMILES string of the molecule is Cc1ccc(C)c(NC(=O)C2=NN(c3ccc(Br)cc3)C(=O)CC2)c1. The lowest BCUT2D eigenvalue weighted by atomic mass is 10.1. The molecule has 3 rings (SSSR count). The fourth-order valence-corrected chi connectivity index (χ4v) is 2.83. The molecule has 1 aliphatic heterocycles. The van der Waals surface area contributed by atoms with Crippen molar-refractivity contribution in [3.8, 4) is 0 Å². The van der Waals surface area contributed by atoms with Gasteiger partial charge in [-0.05, 0) is 55.3 Å². The van der Waals surface area contributed by atoms with Crippen LogP contribution >= 0.6 is 15.9 Å². The molecule has 2 amide bonds. The van der Waals surface area contributed by atoms with Gasteiger partial charge in [0.25, 0.3) is 5.91 Å². The van der Waals surface area contributed by atoms with E-state index in [-0.39, 0.29) is 18.2 Å². The molecule has 0 radical (unpaired) electrons. The predicted octanol–water partition coefficient (Wildman–Crippen LogP) is 4.19. The van der Waals surface area contributed by atoms with Crippen molar-refractivity contribution < 1.29 is 9.59 Å². The quantitative estimate of drug-likeness (QED) is 0.840. The summed E-state index contributed by atoms with van der Waals surface area (Å²) in [5.74, 6) is -0.395. The fourth-order valence-electron chi connectivity index (χ4n) is 2.57. The number of nitrogens with zero attached hydrogens (tertiary/aromatic N) is 2. The van der Waals surface area contributed by atoms with Crippen molar-refractivity contribution in [2.45, 2.75) is 26.7 Å². The summed E-state index contributed by atoms with van der Waals surface area (Å²) in [6.45, 7) is 3.91. The van der Waals surface area contributed by atoms with Gasteiger partial charge in [-0.1, -0.05) is 28.1 Å². The molecular weight excluding hydrogens is 382 g/mol. The van der Waals surface area contributed by atoms with E-state index in [1.54, 1.807) is 12.1 Å². The maximum absolute atomic E-state index is 12.6. The van der Waals surface area contributed by atoms with Crippen LogP contribution in [0.15, 0.2) is 52.0 Å². The summed E-state index contributed by atoms with van der Waals surface area (Å²) in [7, 11) is 0. The lowest BCUT2D eigenvalue weighted by Gasteiger charge is -2.23. The van der Waals surface area contributed by atoms with Gasteiger partial charge in [0.15, 0.2) is 0 Å². The second-order valence-corrected chi connectivity index (χ2v) is 6.92. The molecule has 0 fully saturated rings. The van der Waals surface area contributed by atoms with Gasteiger partial charge in [-0.2, -0.15) is 5.10 Å². The van der Waals surface area contributed by atoms with Crippen LogP contribution in [0.3, 0.4) is 0 Å². The summed E-state index contributed by atoms with van der Waals surface area (Å²) in [4.78, 5) is 24.8. The molecule has 0 unspecified atom stereocenters. The van der Waals surface area contributed by atoms with Crippen LogP contribution in [0.5, 0.6) is 0 Å². The fraction of sp³-hybridized carbons (Fsp3) is 0.211. The third-order valence-electron chi connectivity index (χ3n) is 4.01. The summed E-state index contributed by atoms with van der Waals surface area (Å²) in [5.41, 5.74) is 3.81. The standard InChI is InChI=1S/C19H18BrN3O2/c1-12-3-4-13(2)17(11-12)21-19(25)16-9-10-18(24)23(22-16)15-7-5-14(20)6-8-15/h3-8,11H,9-10H2,1-2H3,(H,21,25). The van der Waals surface area contributed by atoms with Crippen molar-refractivity contribution in [1.29, 1.82) is 0 Å². The molecule has 0 spiro atoms. The van der Waals surface area contributed by atoms with Crippen LogP contribution in [0, 0.1) is 13.8 Å². The summed E-state index contributed by atoms with van der Waals surface area (Å²) in [6, 6.07) is 13.1. The molecule has 0 saturated heterocycles. The Bertz CT molecular complexity index is 859. The van der Waals surface area contributed by atoms with Gasteiger partial charge in [-0.25, -0.2) is 5.01 Å². The van der Waals surface area contributed by atoms with Gasteiger partial charge in [0.1, 0.15) is 5.71 Å². The number of hydrazone groups is 1. The molecule has 5 nitrogen and oxygen atoms in total. The number of aryl methyl sites for hydroxylation is 2. The minimum atomic E-state index is -0.275. The number of nitrogens with one attached hydrogen (secondary N) is 1. The van der Waals surface area contributed by atoms with E-state index >= 15 is 0 Å². The van der Waals surface area contributed by atoms with Crippen molar-refractivity contribution in [3.05, 3.63) is 58.1 Å². The van der Waals surface area contributed by atoms with E-state index in [0.717, 1.165) is 21.3 Å². The first-order valence-corrected chi connectivity index (χ1v) is 8.78. The number of anilines is 2. The molecule has 2 aromatic carbocycles. The van der Waals surface area contributed by atoms with Crippen LogP contribution in [0.1, 0.15) is 24.0 Å². The van der Waals surface area contributed by atoms with Crippen LogP contribution < -0.4 is 10.3 Å².